The van der Waals surface area contributed by atoms with E-state index in [1.165, 1.54) is 36.0 Å². The highest BCUT2D eigenvalue weighted by atomic mass is 32.2. The number of ether oxygens (including phenoxy) is 1. The van der Waals surface area contributed by atoms with Crippen LogP contribution < -0.4 is 0 Å². The molecule has 1 saturated heterocycles. The average Bonchev–Trinajstić information content (AvgIpc) is 3.48. The lowest BCUT2D eigenvalue weighted by Gasteiger charge is -2.25. The molecule has 2 aromatic carbocycles. The molecule has 3 aromatic rings. The average molecular weight is 473 g/mol. The highest BCUT2D eigenvalue weighted by Crippen LogP contribution is 2.28. The topological polar surface area (TPSA) is 60.2 Å². The van der Waals surface area contributed by atoms with Crippen LogP contribution in [0.25, 0.3) is 11.4 Å². The fourth-order valence-electron chi connectivity index (χ4n) is 3.77. The summed E-state index contributed by atoms with van der Waals surface area (Å²) in [6, 6.07) is 12.1. The molecule has 0 aliphatic carbocycles. The Morgan fingerprint density at radius 1 is 1.15 bits per heavy atom. The molecule has 2 atom stereocenters. The minimum atomic E-state index is -0.317. The van der Waals surface area contributed by atoms with Gasteiger partial charge in [0.2, 0.25) is 5.91 Å². The summed E-state index contributed by atoms with van der Waals surface area (Å²) in [5.74, 6) is 0.0931. The first-order valence-electron chi connectivity index (χ1n) is 10.9. The fourth-order valence-corrected chi connectivity index (χ4v) is 4.65. The van der Waals surface area contributed by atoms with E-state index in [4.69, 9.17) is 4.74 Å². The molecular formula is C24H26F2N4O2S. The SMILES string of the molecule is CC(c1ccc(F)cc1)N(C)C(=O)CSc1nnc(-c2ccc(F)cc2)n1CC1CCCO1. The summed E-state index contributed by atoms with van der Waals surface area (Å²) < 4.78 is 34.4. The number of hydrogen-bond acceptors (Lipinski definition) is 5. The van der Waals surface area contributed by atoms with Gasteiger partial charge in [0.05, 0.1) is 24.4 Å². The van der Waals surface area contributed by atoms with Crippen molar-refractivity contribution in [1.29, 1.82) is 0 Å². The number of benzene rings is 2. The molecule has 1 amide bonds. The van der Waals surface area contributed by atoms with Crippen LogP contribution in [0, 0.1) is 11.6 Å². The first kappa shape index (κ1) is 23.4. The van der Waals surface area contributed by atoms with Crippen LogP contribution >= 0.6 is 11.8 Å². The molecule has 0 N–H and O–H groups in total. The van der Waals surface area contributed by atoms with E-state index in [1.54, 1.807) is 36.2 Å². The van der Waals surface area contributed by atoms with Crippen LogP contribution in [0.1, 0.15) is 31.4 Å². The molecule has 174 valence electrons. The van der Waals surface area contributed by atoms with Gasteiger partial charge in [0.1, 0.15) is 11.6 Å². The summed E-state index contributed by atoms with van der Waals surface area (Å²) in [6.07, 6.45) is 2.00. The Bertz CT molecular complexity index is 1080. The third-order valence-corrected chi connectivity index (χ3v) is 6.83. The van der Waals surface area contributed by atoms with E-state index in [1.807, 2.05) is 11.5 Å². The standard InChI is InChI=1S/C24H26F2N4O2S/c1-16(17-5-9-19(25)10-6-17)29(2)22(31)15-33-24-28-27-23(18-7-11-20(26)12-8-18)30(24)14-21-4-3-13-32-21/h5-12,16,21H,3-4,13-15H2,1-2H3. The molecule has 0 radical (unpaired) electrons. The lowest BCUT2D eigenvalue weighted by molar-refractivity contribution is -0.128. The number of hydrogen-bond donors (Lipinski definition) is 0. The molecule has 4 rings (SSSR count). The van der Waals surface area contributed by atoms with Crippen molar-refractivity contribution in [3.05, 3.63) is 65.7 Å². The quantitative estimate of drug-likeness (QED) is 0.444. The number of amides is 1. The van der Waals surface area contributed by atoms with E-state index >= 15 is 0 Å². The molecule has 33 heavy (non-hydrogen) atoms. The predicted octanol–water partition coefficient (Wildman–Crippen LogP) is 4.71. The zero-order valence-electron chi connectivity index (χ0n) is 18.6. The molecule has 1 aromatic heterocycles. The van der Waals surface area contributed by atoms with Crippen molar-refractivity contribution < 1.29 is 18.3 Å². The Hall–Kier alpha value is -2.78. The molecule has 2 heterocycles. The Morgan fingerprint density at radius 2 is 1.82 bits per heavy atom. The maximum Gasteiger partial charge on any atom is 0.233 e. The van der Waals surface area contributed by atoms with Gasteiger partial charge in [-0.1, -0.05) is 23.9 Å². The Labute approximate surface area is 196 Å². The number of nitrogens with zero attached hydrogens (tertiary/aromatic N) is 4. The fraction of sp³-hybridized carbons (Fsp3) is 0.375. The lowest BCUT2D eigenvalue weighted by Crippen LogP contribution is -2.31. The largest absolute Gasteiger partial charge is 0.376 e. The van der Waals surface area contributed by atoms with Crippen LogP contribution in [0.5, 0.6) is 0 Å². The van der Waals surface area contributed by atoms with Gasteiger partial charge in [0, 0.05) is 19.2 Å². The van der Waals surface area contributed by atoms with Gasteiger partial charge in [-0.05, 0) is 61.7 Å². The first-order valence-corrected chi connectivity index (χ1v) is 11.9. The number of rotatable bonds is 8. The van der Waals surface area contributed by atoms with Crippen LogP contribution in [0.15, 0.2) is 53.7 Å². The van der Waals surface area contributed by atoms with Crippen molar-refractivity contribution in [2.75, 3.05) is 19.4 Å². The van der Waals surface area contributed by atoms with Gasteiger partial charge < -0.3 is 9.64 Å². The van der Waals surface area contributed by atoms with Gasteiger partial charge in [-0.25, -0.2) is 8.78 Å². The van der Waals surface area contributed by atoms with Gasteiger partial charge in [0.15, 0.2) is 11.0 Å². The number of carbonyl (C=O) groups is 1. The van der Waals surface area contributed by atoms with Crippen molar-refractivity contribution in [3.63, 3.8) is 0 Å². The van der Waals surface area contributed by atoms with Crippen molar-refractivity contribution in [1.82, 2.24) is 19.7 Å². The van der Waals surface area contributed by atoms with Crippen molar-refractivity contribution in [3.8, 4) is 11.4 Å². The zero-order valence-corrected chi connectivity index (χ0v) is 19.4. The van der Waals surface area contributed by atoms with Crippen molar-refractivity contribution >= 4 is 17.7 Å². The number of carbonyl (C=O) groups excluding carboxylic acids is 1. The lowest BCUT2D eigenvalue weighted by atomic mass is 10.1. The minimum absolute atomic E-state index is 0.0522. The molecular weight excluding hydrogens is 446 g/mol. The monoisotopic (exact) mass is 472 g/mol. The van der Waals surface area contributed by atoms with Crippen molar-refractivity contribution in [2.24, 2.45) is 0 Å². The smallest absolute Gasteiger partial charge is 0.233 e. The van der Waals surface area contributed by atoms with E-state index < -0.39 is 0 Å². The molecule has 2 unspecified atom stereocenters. The second-order valence-electron chi connectivity index (χ2n) is 8.08. The summed E-state index contributed by atoms with van der Waals surface area (Å²) in [5.41, 5.74) is 1.61. The molecule has 1 fully saturated rings. The second-order valence-corrected chi connectivity index (χ2v) is 9.02. The maximum atomic E-state index is 13.4. The Balaban J connectivity index is 1.49. The molecule has 6 nitrogen and oxygen atoms in total. The highest BCUT2D eigenvalue weighted by molar-refractivity contribution is 7.99. The first-order chi connectivity index (χ1) is 15.9. The maximum absolute atomic E-state index is 13.4. The normalized spacial score (nSPS) is 16.7. The summed E-state index contributed by atoms with van der Waals surface area (Å²) in [5, 5.41) is 9.25. The molecule has 0 saturated carbocycles. The third-order valence-electron chi connectivity index (χ3n) is 5.88. The van der Waals surface area contributed by atoms with Crippen LogP contribution in [0.4, 0.5) is 8.78 Å². The van der Waals surface area contributed by atoms with Gasteiger partial charge in [-0.3, -0.25) is 9.36 Å². The van der Waals surface area contributed by atoms with Gasteiger partial charge in [0.25, 0.3) is 0 Å². The van der Waals surface area contributed by atoms with Gasteiger partial charge >= 0.3 is 0 Å². The number of thioether (sulfide) groups is 1. The van der Waals surface area contributed by atoms with Gasteiger partial charge in [-0.2, -0.15) is 0 Å². The molecule has 0 bridgehead atoms. The summed E-state index contributed by atoms with van der Waals surface area (Å²) in [4.78, 5) is 14.5. The summed E-state index contributed by atoms with van der Waals surface area (Å²) >= 11 is 1.31. The minimum Gasteiger partial charge on any atom is -0.376 e. The van der Waals surface area contributed by atoms with E-state index in [-0.39, 0.29) is 35.4 Å². The summed E-state index contributed by atoms with van der Waals surface area (Å²) in [6.45, 7) is 3.20. The number of aromatic nitrogens is 3. The van der Waals surface area contributed by atoms with Crippen LogP contribution in [-0.2, 0) is 16.1 Å². The van der Waals surface area contributed by atoms with Crippen LogP contribution in [0.3, 0.4) is 0 Å². The van der Waals surface area contributed by atoms with E-state index in [2.05, 4.69) is 10.2 Å². The molecule has 1 aliphatic rings. The molecule has 9 heteroatoms. The molecule has 1 aliphatic heterocycles. The predicted molar refractivity (Wildman–Crippen MR) is 123 cm³/mol. The summed E-state index contributed by atoms with van der Waals surface area (Å²) in [7, 11) is 1.73. The second kappa shape index (κ2) is 10.4. The van der Waals surface area contributed by atoms with Crippen LogP contribution in [0.2, 0.25) is 0 Å². The van der Waals surface area contributed by atoms with Crippen LogP contribution in [-0.4, -0.2) is 51.1 Å². The third kappa shape index (κ3) is 5.59. The van der Waals surface area contributed by atoms with E-state index in [0.717, 1.165) is 30.6 Å². The highest BCUT2D eigenvalue weighted by Gasteiger charge is 2.24. The van der Waals surface area contributed by atoms with E-state index in [9.17, 15) is 13.6 Å². The Kier molecular flexibility index (Phi) is 7.39. The van der Waals surface area contributed by atoms with Crippen molar-refractivity contribution in [2.45, 2.75) is 43.6 Å². The molecule has 0 spiro atoms. The number of halogens is 2. The van der Waals surface area contributed by atoms with E-state index in [0.29, 0.717) is 17.5 Å². The van der Waals surface area contributed by atoms with Gasteiger partial charge in [-0.15, -0.1) is 10.2 Å². The zero-order chi connectivity index (χ0) is 23.4. The Morgan fingerprint density at radius 3 is 2.45 bits per heavy atom.